The minimum Gasteiger partial charge on any atom is -0.393 e. The molecule has 0 aromatic carbocycles. The maximum atomic E-state index is 12.3. The largest absolute Gasteiger partial charge is 0.393 e. The summed E-state index contributed by atoms with van der Waals surface area (Å²) < 4.78 is 96.5. The summed E-state index contributed by atoms with van der Waals surface area (Å²) in [5.74, 6) is -11.6. The minimum absolute atomic E-state index is 2.03. The molecule has 0 aromatic rings. The standard InChI is InChI=1S/C6H6F8O/c7-2(1-15)5(11,12)6(13,14)3(8)4(9)10/h2-4,15H,1H2. The van der Waals surface area contributed by atoms with Gasteiger partial charge in [-0.15, -0.1) is 0 Å². The second-order valence-corrected chi connectivity index (χ2v) is 2.63. The first kappa shape index (κ1) is 14.4. The molecule has 9 heteroatoms. The van der Waals surface area contributed by atoms with Gasteiger partial charge >= 0.3 is 11.8 Å². The van der Waals surface area contributed by atoms with Crippen molar-refractivity contribution in [2.75, 3.05) is 6.61 Å². The van der Waals surface area contributed by atoms with Gasteiger partial charge in [-0.1, -0.05) is 0 Å². The molecule has 15 heavy (non-hydrogen) atoms. The number of aliphatic hydroxyl groups excluding tert-OH is 1. The molecule has 0 radical (unpaired) electrons. The first-order chi connectivity index (χ1) is 6.59. The average Bonchev–Trinajstić information content (AvgIpc) is 2.14. The van der Waals surface area contributed by atoms with Gasteiger partial charge in [-0.25, -0.2) is 17.6 Å². The number of hydrogen-bond donors (Lipinski definition) is 1. The van der Waals surface area contributed by atoms with E-state index in [1.807, 2.05) is 0 Å². The molecule has 1 N–H and O–H groups in total. The molecule has 2 atom stereocenters. The SMILES string of the molecule is OCC(F)C(F)(F)C(F)(F)C(F)C(F)F. The maximum Gasteiger partial charge on any atom is 0.349 e. The number of aliphatic hydroxyl groups is 1. The van der Waals surface area contributed by atoms with Crippen LogP contribution in [0.1, 0.15) is 0 Å². The summed E-state index contributed by atoms with van der Waals surface area (Å²) in [6.45, 7) is -2.03. The Morgan fingerprint density at radius 2 is 1.27 bits per heavy atom. The van der Waals surface area contributed by atoms with Crippen molar-refractivity contribution in [2.45, 2.75) is 30.6 Å². The van der Waals surface area contributed by atoms with Crippen LogP contribution in [-0.4, -0.2) is 42.3 Å². The van der Waals surface area contributed by atoms with E-state index in [9.17, 15) is 35.1 Å². The topological polar surface area (TPSA) is 20.2 Å². The quantitative estimate of drug-likeness (QED) is 0.737. The maximum absolute atomic E-state index is 12.3. The molecule has 0 rings (SSSR count). The summed E-state index contributed by atoms with van der Waals surface area (Å²) in [7, 11) is 0. The van der Waals surface area contributed by atoms with E-state index in [2.05, 4.69) is 0 Å². The van der Waals surface area contributed by atoms with Crippen LogP contribution >= 0.6 is 0 Å². The van der Waals surface area contributed by atoms with Crippen LogP contribution in [0.2, 0.25) is 0 Å². The van der Waals surface area contributed by atoms with Crippen molar-refractivity contribution in [3.05, 3.63) is 0 Å². The van der Waals surface area contributed by atoms with Crippen LogP contribution in [0.4, 0.5) is 35.1 Å². The van der Waals surface area contributed by atoms with Gasteiger partial charge in [0, 0.05) is 0 Å². The molecule has 0 aromatic heterocycles. The fourth-order valence-corrected chi connectivity index (χ4v) is 0.666. The monoisotopic (exact) mass is 246 g/mol. The smallest absolute Gasteiger partial charge is 0.349 e. The van der Waals surface area contributed by atoms with E-state index in [1.54, 1.807) is 0 Å². The zero-order chi connectivity index (χ0) is 12.4. The lowest BCUT2D eigenvalue weighted by atomic mass is 10.0. The molecule has 92 valence electrons. The number of rotatable bonds is 5. The van der Waals surface area contributed by atoms with Crippen LogP contribution in [-0.2, 0) is 0 Å². The van der Waals surface area contributed by atoms with Gasteiger partial charge in [-0.05, 0) is 0 Å². The fraction of sp³-hybridized carbons (Fsp3) is 1.00. The minimum atomic E-state index is -5.89. The van der Waals surface area contributed by atoms with E-state index in [1.165, 1.54) is 0 Å². The normalized spacial score (nSPS) is 18.0. The summed E-state index contributed by atoms with van der Waals surface area (Å²) in [4.78, 5) is 0. The Hall–Kier alpha value is -0.600. The van der Waals surface area contributed by atoms with Gasteiger partial charge in [0.1, 0.15) is 0 Å². The van der Waals surface area contributed by atoms with Crippen molar-refractivity contribution >= 4 is 0 Å². The molecule has 1 nitrogen and oxygen atoms in total. The van der Waals surface area contributed by atoms with Crippen molar-refractivity contribution in [1.29, 1.82) is 0 Å². The van der Waals surface area contributed by atoms with E-state index in [0.29, 0.717) is 0 Å². The Morgan fingerprint density at radius 1 is 0.867 bits per heavy atom. The average molecular weight is 246 g/mol. The molecule has 0 spiro atoms. The fourth-order valence-electron chi connectivity index (χ4n) is 0.666. The lowest BCUT2D eigenvalue weighted by molar-refractivity contribution is -0.281. The van der Waals surface area contributed by atoms with Crippen molar-refractivity contribution in [1.82, 2.24) is 0 Å². The predicted octanol–water partition coefficient (Wildman–Crippen LogP) is 2.19. The van der Waals surface area contributed by atoms with E-state index in [-0.39, 0.29) is 0 Å². The molecule has 0 heterocycles. The van der Waals surface area contributed by atoms with Gasteiger partial charge in [0.15, 0.2) is 6.17 Å². The van der Waals surface area contributed by atoms with Crippen molar-refractivity contribution in [3.8, 4) is 0 Å². The van der Waals surface area contributed by atoms with E-state index < -0.39 is 37.2 Å². The lowest BCUT2D eigenvalue weighted by Gasteiger charge is -2.30. The Balaban J connectivity index is 4.99. The number of halogens is 8. The third-order valence-electron chi connectivity index (χ3n) is 1.57. The second kappa shape index (κ2) is 4.50. The second-order valence-electron chi connectivity index (χ2n) is 2.63. The zero-order valence-electron chi connectivity index (χ0n) is 6.91. The van der Waals surface area contributed by atoms with Crippen LogP contribution in [0.25, 0.3) is 0 Å². The molecule has 0 fully saturated rings. The highest BCUT2D eigenvalue weighted by atomic mass is 19.3. The van der Waals surface area contributed by atoms with Crippen molar-refractivity contribution in [3.63, 3.8) is 0 Å². The third-order valence-corrected chi connectivity index (χ3v) is 1.57. The van der Waals surface area contributed by atoms with E-state index in [4.69, 9.17) is 5.11 Å². The van der Waals surface area contributed by atoms with Gasteiger partial charge in [-0.2, -0.15) is 17.6 Å². The Kier molecular flexibility index (Phi) is 4.32. The first-order valence-electron chi connectivity index (χ1n) is 3.51. The van der Waals surface area contributed by atoms with Crippen LogP contribution in [0, 0.1) is 0 Å². The van der Waals surface area contributed by atoms with Crippen LogP contribution in [0.15, 0.2) is 0 Å². The molecule has 0 saturated carbocycles. The summed E-state index contributed by atoms with van der Waals surface area (Å²) in [5, 5.41) is 7.86. The highest BCUT2D eigenvalue weighted by Crippen LogP contribution is 2.43. The highest BCUT2D eigenvalue weighted by molar-refractivity contribution is 4.96. The number of alkyl halides is 8. The number of hydrogen-bond acceptors (Lipinski definition) is 1. The van der Waals surface area contributed by atoms with Gasteiger partial charge < -0.3 is 5.11 Å². The molecular formula is C6H6F8O. The van der Waals surface area contributed by atoms with Crippen LogP contribution in [0.3, 0.4) is 0 Å². The summed E-state index contributed by atoms with van der Waals surface area (Å²) in [6, 6.07) is 0. The molecule has 0 bridgehead atoms. The van der Waals surface area contributed by atoms with E-state index >= 15 is 0 Å². The van der Waals surface area contributed by atoms with Crippen molar-refractivity contribution < 1.29 is 40.2 Å². The predicted molar refractivity (Wildman–Crippen MR) is 32.8 cm³/mol. The van der Waals surface area contributed by atoms with Gasteiger partial charge in [0.05, 0.1) is 6.61 Å². The van der Waals surface area contributed by atoms with Gasteiger partial charge in [-0.3, -0.25) is 0 Å². The molecule has 0 amide bonds. The summed E-state index contributed by atoms with van der Waals surface area (Å²) >= 11 is 0. The Morgan fingerprint density at radius 3 is 1.53 bits per heavy atom. The molecule has 0 saturated heterocycles. The van der Waals surface area contributed by atoms with Crippen LogP contribution < -0.4 is 0 Å². The molecule has 0 aliphatic heterocycles. The zero-order valence-corrected chi connectivity index (χ0v) is 6.91. The van der Waals surface area contributed by atoms with Gasteiger partial charge in [0.25, 0.3) is 6.43 Å². The Bertz CT molecular complexity index is 205. The Labute approximate surface area is 78.7 Å². The summed E-state index contributed by atoms with van der Waals surface area (Å²) in [5.41, 5.74) is 0. The third kappa shape index (κ3) is 2.50. The molecule has 0 aliphatic carbocycles. The van der Waals surface area contributed by atoms with E-state index in [0.717, 1.165) is 0 Å². The van der Waals surface area contributed by atoms with Crippen LogP contribution in [0.5, 0.6) is 0 Å². The van der Waals surface area contributed by atoms with Crippen molar-refractivity contribution in [2.24, 2.45) is 0 Å². The molecule has 0 aliphatic rings. The first-order valence-corrected chi connectivity index (χ1v) is 3.51. The van der Waals surface area contributed by atoms with Gasteiger partial charge in [0.2, 0.25) is 6.17 Å². The summed E-state index contributed by atoms with van der Waals surface area (Å²) in [6.07, 6.45) is -12.7. The molecular weight excluding hydrogens is 240 g/mol. The molecule has 2 unspecified atom stereocenters. The highest BCUT2D eigenvalue weighted by Gasteiger charge is 2.68. The lowest BCUT2D eigenvalue weighted by Crippen LogP contribution is -2.56.